The molecular formula is C35H39FN2O5. The van der Waals surface area contributed by atoms with E-state index in [2.05, 4.69) is 37.5 Å². The quantitative estimate of drug-likeness (QED) is 0.214. The van der Waals surface area contributed by atoms with E-state index in [1.165, 1.54) is 12.1 Å². The maximum Gasteiger partial charge on any atom is 0.417 e. The largest absolute Gasteiger partial charge is 0.497 e. The number of hydrogen-bond donors (Lipinski definition) is 2. The van der Waals surface area contributed by atoms with E-state index in [0.29, 0.717) is 28.7 Å². The van der Waals surface area contributed by atoms with Gasteiger partial charge in [-0.15, -0.1) is 0 Å². The Kier molecular flexibility index (Phi) is 8.30. The topological polar surface area (TPSA) is 78.1 Å². The lowest BCUT2D eigenvalue weighted by atomic mass is 9.85. The predicted molar refractivity (Wildman–Crippen MR) is 172 cm³/mol. The minimum Gasteiger partial charge on any atom is -0.497 e. The molecule has 43 heavy (non-hydrogen) atoms. The first kappa shape index (κ1) is 29.5. The van der Waals surface area contributed by atoms with Crippen LogP contribution in [0.3, 0.4) is 0 Å². The number of allylic oxidation sites excluding steroid dienone is 1. The van der Waals surface area contributed by atoms with Gasteiger partial charge in [0.25, 0.3) is 0 Å². The van der Waals surface area contributed by atoms with Gasteiger partial charge in [-0.05, 0) is 92.9 Å². The molecule has 0 bridgehead atoms. The van der Waals surface area contributed by atoms with Crippen molar-refractivity contribution in [3.05, 3.63) is 101 Å². The van der Waals surface area contributed by atoms with Crippen molar-refractivity contribution in [1.29, 1.82) is 0 Å². The number of fused-ring (bicyclic) bond motifs is 1. The maximum absolute atomic E-state index is 14.1. The summed E-state index contributed by atoms with van der Waals surface area (Å²) in [7, 11) is 3.15. The zero-order valence-corrected chi connectivity index (χ0v) is 25.1. The Morgan fingerprint density at radius 2 is 1.60 bits per heavy atom. The normalized spacial score (nSPS) is 13.2. The molecule has 0 radical (unpaired) electrons. The van der Waals surface area contributed by atoms with Crippen LogP contribution < -0.4 is 29.6 Å². The molecule has 0 unspecified atom stereocenters. The average Bonchev–Trinajstić information content (AvgIpc) is 2.97. The number of methoxy groups -OCH3 is 2. The molecule has 0 aliphatic carbocycles. The third-order valence-corrected chi connectivity index (χ3v) is 7.27. The highest BCUT2D eigenvalue weighted by molar-refractivity contribution is 5.89. The molecule has 226 valence electrons. The molecule has 1 heterocycles. The number of aryl methyl sites for hydroxylation is 1. The van der Waals surface area contributed by atoms with Gasteiger partial charge >= 0.3 is 6.09 Å². The summed E-state index contributed by atoms with van der Waals surface area (Å²) in [4.78, 5) is 12.6. The predicted octanol–water partition coefficient (Wildman–Crippen LogP) is 9.11. The van der Waals surface area contributed by atoms with Crippen LogP contribution in [0.1, 0.15) is 40.3 Å². The summed E-state index contributed by atoms with van der Waals surface area (Å²) < 4.78 is 36.8. The Labute approximate surface area is 254 Å². The van der Waals surface area contributed by atoms with Crippen LogP contribution >= 0.6 is 0 Å². The van der Waals surface area contributed by atoms with E-state index >= 15 is 0 Å². The van der Waals surface area contributed by atoms with Gasteiger partial charge in [-0.2, -0.15) is 0 Å². The van der Waals surface area contributed by atoms with Crippen molar-refractivity contribution >= 4 is 23.0 Å². The van der Waals surface area contributed by atoms with Crippen LogP contribution in [-0.4, -0.2) is 25.9 Å². The van der Waals surface area contributed by atoms with Gasteiger partial charge in [-0.3, -0.25) is 5.32 Å². The molecule has 5 rings (SSSR count). The molecular weight excluding hydrogens is 547 g/mol. The van der Waals surface area contributed by atoms with Crippen molar-refractivity contribution in [1.82, 2.24) is 0 Å². The molecule has 2 N–H and O–H groups in total. The van der Waals surface area contributed by atoms with Gasteiger partial charge in [0.1, 0.15) is 35.4 Å². The number of benzene rings is 4. The highest BCUT2D eigenvalue weighted by Crippen LogP contribution is 2.43. The molecule has 0 spiro atoms. The Balaban J connectivity index is 0.00000276. The van der Waals surface area contributed by atoms with E-state index in [0.717, 1.165) is 39.1 Å². The zero-order chi connectivity index (χ0) is 30.7. The second kappa shape index (κ2) is 12.1. The van der Waals surface area contributed by atoms with E-state index in [4.69, 9.17) is 18.9 Å². The lowest BCUT2D eigenvalue weighted by Crippen LogP contribution is -2.32. The Bertz CT molecular complexity index is 1710. The molecule has 0 fully saturated rings. The number of nitrogens with one attached hydrogen (secondary N) is 2. The standard InChI is InChI=1S/C35H35FN2O5.2H2/c1-21-7-8-23(36)17-31(21)42-20-29-27(15-16-30-33(29)22(2)19-35(3,4)38-30)28-14-13-26(18-32(28)41-6)43-34(39)37-24-9-11-25(40-5)12-10-24;;/h7-19,38H,20H2,1-6H3,(H,37,39);2*1H. The lowest BCUT2D eigenvalue weighted by molar-refractivity contribution is 0.215. The third-order valence-electron chi connectivity index (χ3n) is 7.27. The lowest BCUT2D eigenvalue weighted by Gasteiger charge is -2.33. The third kappa shape index (κ3) is 6.59. The first-order valence-corrected chi connectivity index (χ1v) is 13.9. The number of hydrogen-bond acceptors (Lipinski definition) is 6. The summed E-state index contributed by atoms with van der Waals surface area (Å²) in [5.74, 6) is 1.64. The minimum atomic E-state index is -0.636. The average molecular weight is 587 g/mol. The van der Waals surface area contributed by atoms with E-state index < -0.39 is 6.09 Å². The Morgan fingerprint density at radius 1 is 0.884 bits per heavy atom. The number of rotatable bonds is 8. The van der Waals surface area contributed by atoms with Crippen molar-refractivity contribution in [3.63, 3.8) is 0 Å². The molecule has 0 saturated heterocycles. The fourth-order valence-corrected chi connectivity index (χ4v) is 5.36. The summed E-state index contributed by atoms with van der Waals surface area (Å²) in [6, 6.07) is 20.8. The maximum atomic E-state index is 14.1. The molecule has 1 aliphatic rings. The van der Waals surface area contributed by atoms with Gasteiger partial charge in [-0.25, -0.2) is 9.18 Å². The van der Waals surface area contributed by atoms with Crippen LogP contribution in [0.4, 0.5) is 20.6 Å². The van der Waals surface area contributed by atoms with Crippen molar-refractivity contribution in [2.45, 2.75) is 39.8 Å². The van der Waals surface area contributed by atoms with E-state index in [-0.39, 0.29) is 20.8 Å². The van der Waals surface area contributed by atoms with Gasteiger partial charge in [0.15, 0.2) is 0 Å². The molecule has 0 saturated carbocycles. The Hall–Kier alpha value is -4.98. The van der Waals surface area contributed by atoms with E-state index in [1.54, 1.807) is 56.7 Å². The summed E-state index contributed by atoms with van der Waals surface area (Å²) in [5, 5.41) is 6.30. The van der Waals surface area contributed by atoms with Crippen molar-refractivity contribution in [2.75, 3.05) is 24.9 Å². The highest BCUT2D eigenvalue weighted by atomic mass is 19.1. The van der Waals surface area contributed by atoms with E-state index in [9.17, 15) is 9.18 Å². The summed E-state index contributed by atoms with van der Waals surface area (Å²) in [5.41, 5.74) is 6.89. The number of anilines is 2. The number of ether oxygens (including phenoxy) is 4. The number of carbonyl (C=O) groups excluding carboxylic acids is 1. The van der Waals surface area contributed by atoms with Crippen molar-refractivity contribution < 1.29 is 31.0 Å². The van der Waals surface area contributed by atoms with E-state index in [1.807, 2.05) is 25.1 Å². The summed E-state index contributed by atoms with van der Waals surface area (Å²) in [6.07, 6.45) is 1.55. The monoisotopic (exact) mass is 586 g/mol. The summed E-state index contributed by atoms with van der Waals surface area (Å²) in [6.45, 7) is 8.40. The molecule has 1 amide bonds. The number of halogens is 1. The minimum absolute atomic E-state index is 0. The molecule has 0 aromatic heterocycles. The van der Waals surface area contributed by atoms with Gasteiger partial charge < -0.3 is 24.3 Å². The fraction of sp³-hybridized carbons (Fsp3) is 0.229. The fourth-order valence-electron chi connectivity index (χ4n) is 5.36. The number of amides is 1. The second-order valence-electron chi connectivity index (χ2n) is 11.0. The first-order valence-electron chi connectivity index (χ1n) is 13.9. The van der Waals surface area contributed by atoms with Crippen LogP contribution in [0.2, 0.25) is 0 Å². The zero-order valence-electron chi connectivity index (χ0n) is 25.1. The molecule has 0 atom stereocenters. The van der Waals surface area contributed by atoms with Crippen LogP contribution in [0, 0.1) is 12.7 Å². The van der Waals surface area contributed by atoms with Crippen molar-refractivity contribution in [2.24, 2.45) is 0 Å². The molecule has 4 aromatic rings. The SMILES string of the molecule is COc1ccc(NC(=O)Oc2ccc(-c3ccc4c(c3COc3cc(F)ccc3C)C(C)=CC(C)(C)N4)c(OC)c2)cc1.[HH].[HH]. The van der Waals surface area contributed by atoms with Gasteiger partial charge in [-0.1, -0.05) is 18.2 Å². The highest BCUT2D eigenvalue weighted by Gasteiger charge is 2.27. The Morgan fingerprint density at radius 3 is 2.33 bits per heavy atom. The van der Waals surface area contributed by atoms with Gasteiger partial charge in [0, 0.05) is 43.1 Å². The van der Waals surface area contributed by atoms with Crippen LogP contribution in [0.5, 0.6) is 23.0 Å². The van der Waals surface area contributed by atoms with Gasteiger partial charge in [0.05, 0.1) is 19.8 Å². The molecule has 1 aliphatic heterocycles. The van der Waals surface area contributed by atoms with Crippen molar-refractivity contribution in [3.8, 4) is 34.1 Å². The smallest absolute Gasteiger partial charge is 0.417 e. The van der Waals surface area contributed by atoms with Crippen LogP contribution in [-0.2, 0) is 6.61 Å². The molecule has 4 aromatic carbocycles. The van der Waals surface area contributed by atoms with Crippen LogP contribution in [0.25, 0.3) is 16.7 Å². The van der Waals surface area contributed by atoms with Gasteiger partial charge in [0.2, 0.25) is 0 Å². The van der Waals surface area contributed by atoms with Crippen LogP contribution in [0.15, 0.2) is 78.9 Å². The first-order chi connectivity index (χ1) is 20.6. The molecule has 8 heteroatoms. The summed E-state index contributed by atoms with van der Waals surface area (Å²) >= 11 is 0. The number of carbonyl (C=O) groups is 1. The second-order valence-corrected chi connectivity index (χ2v) is 11.0. The molecule has 7 nitrogen and oxygen atoms in total.